The Labute approximate surface area is 123 Å². The zero-order chi connectivity index (χ0) is 15.8. The van der Waals surface area contributed by atoms with Crippen molar-refractivity contribution in [2.24, 2.45) is 0 Å². The zero-order valence-corrected chi connectivity index (χ0v) is 12.3. The second-order valence-electron chi connectivity index (χ2n) is 4.18. The van der Waals surface area contributed by atoms with E-state index < -0.39 is 18.0 Å². The number of ether oxygens (including phenoxy) is 2. The molecule has 1 aromatic rings. The molecule has 1 aromatic carbocycles. The van der Waals surface area contributed by atoms with Gasteiger partial charge in [0.05, 0.1) is 18.9 Å². The third kappa shape index (κ3) is 5.21. The lowest BCUT2D eigenvalue weighted by molar-refractivity contribution is -0.138. The number of carbonyl (C=O) groups is 2. The predicted molar refractivity (Wildman–Crippen MR) is 78.0 cm³/mol. The molecule has 0 radical (unpaired) electrons. The topological polar surface area (TPSA) is 96.9 Å². The Morgan fingerprint density at radius 1 is 1.24 bits per heavy atom. The monoisotopic (exact) mass is 296 g/mol. The molecule has 7 heteroatoms. The summed E-state index contributed by atoms with van der Waals surface area (Å²) in [6.07, 6.45) is 0. The Balaban J connectivity index is 2.85. The van der Waals surface area contributed by atoms with Crippen LogP contribution in [0.1, 0.15) is 20.8 Å². The number of aliphatic carboxylic acids is 1. The fourth-order valence-corrected chi connectivity index (χ4v) is 1.56. The molecule has 1 atom stereocenters. The van der Waals surface area contributed by atoms with E-state index in [0.717, 1.165) is 0 Å². The first-order valence-corrected chi connectivity index (χ1v) is 6.67. The van der Waals surface area contributed by atoms with Crippen molar-refractivity contribution in [1.29, 1.82) is 0 Å². The van der Waals surface area contributed by atoms with E-state index in [4.69, 9.17) is 14.6 Å². The van der Waals surface area contributed by atoms with Crippen molar-refractivity contribution in [3.63, 3.8) is 0 Å². The van der Waals surface area contributed by atoms with Crippen molar-refractivity contribution < 1.29 is 24.2 Å². The molecule has 0 heterocycles. The number of hydrogen-bond donors (Lipinski definition) is 3. The molecule has 0 saturated carbocycles. The molecule has 0 aliphatic carbocycles. The molecule has 3 N–H and O–H groups in total. The van der Waals surface area contributed by atoms with Crippen molar-refractivity contribution in [1.82, 2.24) is 5.32 Å². The Kier molecular flexibility index (Phi) is 6.32. The van der Waals surface area contributed by atoms with Gasteiger partial charge in [0.1, 0.15) is 17.5 Å². The predicted octanol–water partition coefficient (Wildman–Crippen LogP) is 2.08. The normalized spacial score (nSPS) is 11.4. The number of carboxylic acids is 1. The molecule has 116 valence electrons. The fourth-order valence-electron chi connectivity index (χ4n) is 1.56. The molecule has 0 unspecified atom stereocenters. The standard InChI is InChI=1S/C14H20N2O5/c1-4-20-10-6-7-12(21-5-2)11(8-10)16-14(19)15-9(3)13(17)18/h6-9H,4-5H2,1-3H3,(H,17,18)(H2,15,16,19)/t9-/m1/s1. The minimum Gasteiger partial charge on any atom is -0.494 e. The zero-order valence-electron chi connectivity index (χ0n) is 12.3. The summed E-state index contributed by atoms with van der Waals surface area (Å²) in [5, 5.41) is 13.6. The van der Waals surface area contributed by atoms with Crippen LogP contribution in [0.3, 0.4) is 0 Å². The number of hydrogen-bond acceptors (Lipinski definition) is 4. The van der Waals surface area contributed by atoms with Crippen LogP contribution >= 0.6 is 0 Å². The van der Waals surface area contributed by atoms with Crippen LogP contribution in [-0.2, 0) is 4.79 Å². The number of carbonyl (C=O) groups excluding carboxylic acids is 1. The first-order chi connectivity index (χ1) is 9.97. The van der Waals surface area contributed by atoms with E-state index >= 15 is 0 Å². The maximum atomic E-state index is 11.8. The Morgan fingerprint density at radius 3 is 2.48 bits per heavy atom. The van der Waals surface area contributed by atoms with Crippen LogP contribution < -0.4 is 20.1 Å². The molecule has 1 rings (SSSR count). The summed E-state index contributed by atoms with van der Waals surface area (Å²) in [4.78, 5) is 22.5. The molecular weight excluding hydrogens is 276 g/mol. The number of amides is 2. The van der Waals surface area contributed by atoms with E-state index in [2.05, 4.69) is 10.6 Å². The second kappa shape index (κ2) is 7.98. The maximum Gasteiger partial charge on any atom is 0.325 e. The number of anilines is 1. The molecule has 7 nitrogen and oxygen atoms in total. The SMILES string of the molecule is CCOc1ccc(OCC)c(NC(=O)N[C@H](C)C(=O)O)c1. The van der Waals surface area contributed by atoms with Gasteiger partial charge >= 0.3 is 12.0 Å². The molecule has 0 spiro atoms. The average molecular weight is 296 g/mol. The molecule has 0 aliphatic heterocycles. The minimum atomic E-state index is -1.11. The highest BCUT2D eigenvalue weighted by Gasteiger charge is 2.15. The van der Waals surface area contributed by atoms with Gasteiger partial charge in [-0.2, -0.15) is 0 Å². The van der Waals surface area contributed by atoms with Gasteiger partial charge in [-0.3, -0.25) is 4.79 Å². The van der Waals surface area contributed by atoms with Gasteiger partial charge in [0.15, 0.2) is 0 Å². The van der Waals surface area contributed by atoms with Gasteiger partial charge in [-0.25, -0.2) is 4.79 Å². The highest BCUT2D eigenvalue weighted by atomic mass is 16.5. The summed E-state index contributed by atoms with van der Waals surface area (Å²) in [5.74, 6) is -0.0418. The van der Waals surface area contributed by atoms with Gasteiger partial charge in [-0.1, -0.05) is 0 Å². The Bertz CT molecular complexity index is 504. The Hall–Kier alpha value is -2.44. The van der Waals surface area contributed by atoms with E-state index in [9.17, 15) is 9.59 Å². The summed E-state index contributed by atoms with van der Waals surface area (Å²) >= 11 is 0. The van der Waals surface area contributed by atoms with Gasteiger partial charge in [-0.15, -0.1) is 0 Å². The van der Waals surface area contributed by atoms with Crippen LogP contribution in [0, 0.1) is 0 Å². The third-order valence-electron chi connectivity index (χ3n) is 2.53. The van der Waals surface area contributed by atoms with Crippen molar-refractivity contribution in [2.75, 3.05) is 18.5 Å². The lowest BCUT2D eigenvalue weighted by atomic mass is 10.2. The van der Waals surface area contributed by atoms with Gasteiger partial charge < -0.3 is 25.2 Å². The molecule has 0 bridgehead atoms. The van der Waals surface area contributed by atoms with Crippen molar-refractivity contribution in [2.45, 2.75) is 26.8 Å². The highest BCUT2D eigenvalue weighted by molar-refractivity contribution is 5.93. The van der Waals surface area contributed by atoms with E-state index in [1.165, 1.54) is 6.92 Å². The van der Waals surface area contributed by atoms with Crippen LogP contribution in [0.15, 0.2) is 18.2 Å². The van der Waals surface area contributed by atoms with Crippen LogP contribution in [0.4, 0.5) is 10.5 Å². The molecule has 2 amide bonds. The van der Waals surface area contributed by atoms with Crippen molar-refractivity contribution >= 4 is 17.7 Å². The molecule has 0 fully saturated rings. The van der Waals surface area contributed by atoms with E-state index in [0.29, 0.717) is 30.4 Å². The quantitative estimate of drug-likeness (QED) is 0.715. The number of urea groups is 1. The van der Waals surface area contributed by atoms with Crippen LogP contribution in [0.25, 0.3) is 0 Å². The largest absolute Gasteiger partial charge is 0.494 e. The van der Waals surface area contributed by atoms with Gasteiger partial charge in [0.25, 0.3) is 0 Å². The lowest BCUT2D eigenvalue weighted by Crippen LogP contribution is -2.40. The summed E-state index contributed by atoms with van der Waals surface area (Å²) in [6, 6.07) is 3.43. The van der Waals surface area contributed by atoms with Crippen molar-refractivity contribution in [3.8, 4) is 11.5 Å². The summed E-state index contributed by atoms with van der Waals surface area (Å²) in [5.41, 5.74) is 0.415. The van der Waals surface area contributed by atoms with Crippen molar-refractivity contribution in [3.05, 3.63) is 18.2 Å². The van der Waals surface area contributed by atoms with Gasteiger partial charge in [0, 0.05) is 6.07 Å². The van der Waals surface area contributed by atoms with E-state index in [1.807, 2.05) is 13.8 Å². The number of benzene rings is 1. The first kappa shape index (κ1) is 16.6. The molecule has 0 aromatic heterocycles. The Morgan fingerprint density at radius 2 is 1.90 bits per heavy atom. The van der Waals surface area contributed by atoms with Crippen LogP contribution in [0.2, 0.25) is 0 Å². The maximum absolute atomic E-state index is 11.8. The van der Waals surface area contributed by atoms with Gasteiger partial charge in [0.2, 0.25) is 0 Å². The molecule has 0 aliphatic rings. The molecule has 21 heavy (non-hydrogen) atoms. The molecular formula is C14H20N2O5. The van der Waals surface area contributed by atoms with Crippen LogP contribution in [0.5, 0.6) is 11.5 Å². The second-order valence-corrected chi connectivity index (χ2v) is 4.18. The smallest absolute Gasteiger partial charge is 0.325 e. The highest BCUT2D eigenvalue weighted by Crippen LogP contribution is 2.29. The molecule has 0 saturated heterocycles. The number of nitrogens with one attached hydrogen (secondary N) is 2. The average Bonchev–Trinajstić information content (AvgIpc) is 2.42. The van der Waals surface area contributed by atoms with Crippen LogP contribution in [-0.4, -0.2) is 36.4 Å². The number of rotatable bonds is 7. The first-order valence-electron chi connectivity index (χ1n) is 6.67. The summed E-state index contributed by atoms with van der Waals surface area (Å²) in [7, 11) is 0. The van der Waals surface area contributed by atoms with E-state index in [1.54, 1.807) is 18.2 Å². The van der Waals surface area contributed by atoms with Gasteiger partial charge in [-0.05, 0) is 32.9 Å². The fraction of sp³-hybridized carbons (Fsp3) is 0.429. The third-order valence-corrected chi connectivity index (χ3v) is 2.53. The summed E-state index contributed by atoms with van der Waals surface area (Å²) in [6.45, 7) is 5.99. The van der Waals surface area contributed by atoms with E-state index in [-0.39, 0.29) is 0 Å². The summed E-state index contributed by atoms with van der Waals surface area (Å²) < 4.78 is 10.8. The minimum absolute atomic E-state index is 0.415. The lowest BCUT2D eigenvalue weighted by Gasteiger charge is -2.15. The number of carboxylic acid groups (broad SMARTS) is 1.